The lowest BCUT2D eigenvalue weighted by Crippen LogP contribution is -2.38. The average Bonchev–Trinajstić information content (AvgIpc) is 3.29. The molecule has 0 spiro atoms. The molecule has 1 saturated heterocycles. The van der Waals surface area contributed by atoms with Gasteiger partial charge < -0.3 is 14.6 Å². The molecule has 0 bridgehead atoms. The summed E-state index contributed by atoms with van der Waals surface area (Å²) in [4.78, 5) is 42.8. The van der Waals surface area contributed by atoms with Crippen LogP contribution < -0.4 is 4.74 Å². The van der Waals surface area contributed by atoms with Crippen molar-refractivity contribution in [2.45, 2.75) is 25.7 Å². The number of carbonyl (C=O) groups excluding carboxylic acids is 2. The summed E-state index contributed by atoms with van der Waals surface area (Å²) >= 11 is 0. The highest BCUT2D eigenvalue weighted by molar-refractivity contribution is 6.08. The molecular weight excluding hydrogens is 418 g/mol. The van der Waals surface area contributed by atoms with Gasteiger partial charge in [0.15, 0.2) is 5.82 Å². The zero-order chi connectivity index (χ0) is 22.8. The van der Waals surface area contributed by atoms with Crippen molar-refractivity contribution in [3.63, 3.8) is 0 Å². The van der Waals surface area contributed by atoms with Crippen LogP contribution in [0.15, 0.2) is 60.9 Å². The van der Waals surface area contributed by atoms with Crippen LogP contribution in [-0.4, -0.2) is 49.6 Å². The van der Waals surface area contributed by atoms with Gasteiger partial charge in [-0.1, -0.05) is 12.1 Å². The van der Waals surface area contributed by atoms with Crippen molar-refractivity contribution in [3.8, 4) is 11.6 Å². The maximum absolute atomic E-state index is 12.8. The highest BCUT2D eigenvalue weighted by atomic mass is 16.5. The minimum atomic E-state index is -0.190. The molecule has 1 aliphatic rings. The number of nitrogens with one attached hydrogen (secondary N) is 1. The summed E-state index contributed by atoms with van der Waals surface area (Å²) < 4.78 is 6.04. The first-order valence-corrected chi connectivity index (χ1v) is 10.9. The second-order valence-corrected chi connectivity index (χ2v) is 8.11. The van der Waals surface area contributed by atoms with Gasteiger partial charge in [-0.15, -0.1) is 0 Å². The molecule has 2 aromatic carbocycles. The number of hydrogen-bond donors (Lipinski definition) is 1. The lowest BCUT2D eigenvalue weighted by Gasteiger charge is -2.32. The third kappa shape index (κ3) is 4.32. The predicted octanol–water partition coefficient (Wildman–Crippen LogP) is 4.10. The Morgan fingerprint density at radius 1 is 1.06 bits per heavy atom. The van der Waals surface area contributed by atoms with Gasteiger partial charge in [-0.2, -0.15) is 0 Å². The van der Waals surface area contributed by atoms with E-state index in [0.717, 1.165) is 36.1 Å². The van der Waals surface area contributed by atoms with Crippen molar-refractivity contribution in [1.82, 2.24) is 24.8 Å². The number of H-pyrrole nitrogens is 1. The van der Waals surface area contributed by atoms with Crippen LogP contribution >= 0.6 is 0 Å². The molecule has 0 saturated carbocycles. The fraction of sp³-hybridized carbons (Fsp3) is 0.240. The van der Waals surface area contributed by atoms with Gasteiger partial charge in [0.1, 0.15) is 11.4 Å². The lowest BCUT2D eigenvalue weighted by molar-refractivity contribution is -0.130. The van der Waals surface area contributed by atoms with Crippen molar-refractivity contribution in [1.29, 1.82) is 0 Å². The number of amides is 1. The predicted molar refractivity (Wildman–Crippen MR) is 122 cm³/mol. The maximum atomic E-state index is 12.8. The van der Waals surface area contributed by atoms with Crippen LogP contribution in [0.1, 0.15) is 47.6 Å². The quantitative estimate of drug-likeness (QED) is 0.468. The highest BCUT2D eigenvalue weighted by Crippen LogP contribution is 2.32. The number of aromatic amines is 1. The lowest BCUT2D eigenvalue weighted by atomic mass is 9.94. The monoisotopic (exact) mass is 441 g/mol. The molecule has 0 aliphatic carbocycles. The number of rotatable bonds is 5. The zero-order valence-electron chi connectivity index (χ0n) is 18.2. The van der Waals surface area contributed by atoms with E-state index in [-0.39, 0.29) is 17.6 Å². The molecule has 8 nitrogen and oxygen atoms in total. The number of fused-ring (bicyclic) bond motifs is 1. The number of carbonyl (C=O) groups is 2. The zero-order valence-corrected chi connectivity index (χ0v) is 18.2. The molecule has 0 unspecified atom stereocenters. The first-order valence-electron chi connectivity index (χ1n) is 10.9. The molecule has 1 amide bonds. The maximum Gasteiger partial charge on any atom is 0.241 e. The number of piperidine rings is 1. The van der Waals surface area contributed by atoms with E-state index in [1.807, 2.05) is 29.2 Å². The summed E-state index contributed by atoms with van der Waals surface area (Å²) in [6, 6.07) is 14.4. The van der Waals surface area contributed by atoms with Gasteiger partial charge in [0.05, 0.1) is 11.0 Å². The van der Waals surface area contributed by atoms with E-state index in [1.165, 1.54) is 0 Å². The van der Waals surface area contributed by atoms with Crippen LogP contribution in [-0.2, 0) is 4.79 Å². The molecule has 3 heterocycles. The van der Waals surface area contributed by atoms with Gasteiger partial charge in [0.2, 0.25) is 17.6 Å². The molecule has 166 valence electrons. The van der Waals surface area contributed by atoms with Crippen molar-refractivity contribution in [3.05, 3.63) is 78.0 Å². The van der Waals surface area contributed by atoms with Gasteiger partial charge in [-0.3, -0.25) is 14.6 Å². The smallest absolute Gasteiger partial charge is 0.241 e. The Labute approximate surface area is 190 Å². The standard InChI is InChI=1S/C25H23N5O3/c1-16(31)30-14-4-5-18(15-30)22-25(27-13-12-26-22)33-19-10-8-17(9-11-19)23(32)24-28-20-6-2-3-7-21(20)29-24/h2-3,6-13,18H,4-5,14-15H2,1H3,(H,28,29)/t18-/m0/s1. The van der Waals surface area contributed by atoms with Crippen molar-refractivity contribution >= 4 is 22.7 Å². The fourth-order valence-corrected chi connectivity index (χ4v) is 4.16. The number of para-hydroxylation sites is 2. The largest absolute Gasteiger partial charge is 0.437 e. The van der Waals surface area contributed by atoms with Crippen LogP contribution in [0.4, 0.5) is 0 Å². The Hall–Kier alpha value is -4.07. The van der Waals surface area contributed by atoms with E-state index < -0.39 is 0 Å². The normalized spacial score (nSPS) is 16.0. The first kappa shape index (κ1) is 20.8. The Morgan fingerprint density at radius 3 is 2.64 bits per heavy atom. The Balaban J connectivity index is 1.33. The van der Waals surface area contributed by atoms with Gasteiger partial charge in [0, 0.05) is 43.9 Å². The van der Waals surface area contributed by atoms with Crippen molar-refractivity contribution < 1.29 is 14.3 Å². The number of likely N-dealkylation sites (tertiary alicyclic amines) is 1. The molecule has 2 aromatic heterocycles. The van der Waals surface area contributed by atoms with E-state index in [9.17, 15) is 9.59 Å². The van der Waals surface area contributed by atoms with Gasteiger partial charge in [0.25, 0.3) is 0 Å². The number of imidazole rings is 1. The molecule has 4 aromatic rings. The molecule has 0 radical (unpaired) electrons. The van der Waals surface area contributed by atoms with Crippen LogP contribution in [0, 0.1) is 0 Å². The summed E-state index contributed by atoms with van der Waals surface area (Å²) in [5, 5.41) is 0. The van der Waals surface area contributed by atoms with E-state index in [4.69, 9.17) is 4.74 Å². The van der Waals surface area contributed by atoms with Crippen molar-refractivity contribution in [2.75, 3.05) is 13.1 Å². The van der Waals surface area contributed by atoms with Crippen LogP contribution in [0.5, 0.6) is 11.6 Å². The number of ketones is 1. The SMILES string of the molecule is CC(=O)N1CCC[C@H](c2nccnc2Oc2ccc(C(=O)c3nc4ccccc4[nH]3)cc2)C1. The third-order valence-corrected chi connectivity index (χ3v) is 5.88. The summed E-state index contributed by atoms with van der Waals surface area (Å²) in [5.41, 5.74) is 2.82. The molecule has 1 fully saturated rings. The minimum absolute atomic E-state index is 0.0655. The first-order chi connectivity index (χ1) is 16.1. The number of nitrogens with zero attached hydrogens (tertiary/aromatic N) is 4. The number of hydrogen-bond acceptors (Lipinski definition) is 6. The Bertz CT molecular complexity index is 1280. The molecule has 8 heteroatoms. The molecule has 1 atom stereocenters. The van der Waals surface area contributed by atoms with E-state index >= 15 is 0 Å². The van der Waals surface area contributed by atoms with Crippen LogP contribution in [0.2, 0.25) is 0 Å². The number of aromatic nitrogens is 4. The Morgan fingerprint density at radius 2 is 1.85 bits per heavy atom. The molecule has 1 N–H and O–H groups in total. The molecular formula is C25H23N5O3. The van der Waals surface area contributed by atoms with E-state index in [1.54, 1.807) is 43.6 Å². The minimum Gasteiger partial charge on any atom is -0.437 e. The van der Waals surface area contributed by atoms with Gasteiger partial charge in [-0.05, 0) is 49.2 Å². The second kappa shape index (κ2) is 8.82. The highest BCUT2D eigenvalue weighted by Gasteiger charge is 2.27. The Kier molecular flexibility index (Phi) is 5.56. The second-order valence-electron chi connectivity index (χ2n) is 8.11. The summed E-state index contributed by atoms with van der Waals surface area (Å²) in [7, 11) is 0. The van der Waals surface area contributed by atoms with E-state index in [2.05, 4.69) is 19.9 Å². The number of benzene rings is 2. The molecule has 5 rings (SSSR count). The van der Waals surface area contributed by atoms with Gasteiger partial charge >= 0.3 is 0 Å². The average molecular weight is 441 g/mol. The summed E-state index contributed by atoms with van der Waals surface area (Å²) in [5.74, 6) is 1.22. The van der Waals surface area contributed by atoms with Crippen LogP contribution in [0.25, 0.3) is 11.0 Å². The molecule has 1 aliphatic heterocycles. The summed E-state index contributed by atoms with van der Waals surface area (Å²) in [6.07, 6.45) is 5.07. The van der Waals surface area contributed by atoms with Crippen LogP contribution in [0.3, 0.4) is 0 Å². The van der Waals surface area contributed by atoms with E-state index in [0.29, 0.717) is 29.6 Å². The van der Waals surface area contributed by atoms with Gasteiger partial charge in [-0.25, -0.2) is 9.97 Å². The topological polar surface area (TPSA) is 101 Å². The number of ether oxygens (including phenoxy) is 1. The third-order valence-electron chi connectivity index (χ3n) is 5.88. The summed E-state index contributed by atoms with van der Waals surface area (Å²) in [6.45, 7) is 2.96. The molecule has 33 heavy (non-hydrogen) atoms. The fourth-order valence-electron chi connectivity index (χ4n) is 4.16. The van der Waals surface area contributed by atoms with Crippen molar-refractivity contribution in [2.24, 2.45) is 0 Å².